The highest BCUT2D eigenvalue weighted by Gasteiger charge is 2.30. The van der Waals surface area contributed by atoms with Gasteiger partial charge in [0.05, 0.1) is 16.4 Å². The zero-order valence-corrected chi connectivity index (χ0v) is 13.7. The molecule has 0 amide bonds. The second-order valence-electron chi connectivity index (χ2n) is 4.39. The van der Waals surface area contributed by atoms with Crippen LogP contribution in [-0.4, -0.2) is 50.7 Å². The Kier molecular flexibility index (Phi) is 4.50. The van der Waals surface area contributed by atoms with Gasteiger partial charge in [-0.15, -0.1) is 11.3 Å². The van der Waals surface area contributed by atoms with Gasteiger partial charge in [0.2, 0.25) is 0 Å². The number of hydrogen-bond acceptors (Lipinski definition) is 6. The van der Waals surface area contributed by atoms with Gasteiger partial charge >= 0.3 is 0 Å². The van der Waals surface area contributed by atoms with Crippen molar-refractivity contribution in [2.45, 2.75) is 10.6 Å². The van der Waals surface area contributed by atoms with E-state index in [4.69, 9.17) is 18.0 Å². The maximum Gasteiger partial charge on any atom is 0.252 e. The Balaban J connectivity index is 2.27. The van der Waals surface area contributed by atoms with E-state index >= 15 is 0 Å². The predicted molar refractivity (Wildman–Crippen MR) is 82.2 cm³/mol. The van der Waals surface area contributed by atoms with Gasteiger partial charge in [-0.25, -0.2) is 16.8 Å². The van der Waals surface area contributed by atoms with E-state index in [1.54, 1.807) is 6.07 Å². The molecule has 2 rings (SSSR count). The van der Waals surface area contributed by atoms with Crippen molar-refractivity contribution in [1.29, 1.82) is 0 Å². The molecule has 10 heteroatoms. The third-order valence-electron chi connectivity index (χ3n) is 2.93. The Labute approximate surface area is 127 Å². The average Bonchev–Trinajstić information content (AvgIpc) is 2.76. The van der Waals surface area contributed by atoms with E-state index in [0.717, 1.165) is 11.3 Å². The second-order valence-corrected chi connectivity index (χ2v) is 10.4. The van der Waals surface area contributed by atoms with Gasteiger partial charge in [-0.05, 0) is 18.6 Å². The molecule has 0 unspecified atom stereocenters. The summed E-state index contributed by atoms with van der Waals surface area (Å²) in [7, 11) is -6.82. The topological polar surface area (TPSA) is 97.5 Å². The van der Waals surface area contributed by atoms with Crippen LogP contribution >= 0.6 is 23.6 Å². The van der Waals surface area contributed by atoms with E-state index in [-0.39, 0.29) is 33.8 Å². The first-order valence-corrected chi connectivity index (χ1v) is 10.3. The summed E-state index contributed by atoms with van der Waals surface area (Å²) < 4.78 is 49.3. The molecule has 2 heterocycles. The second kappa shape index (κ2) is 5.68. The van der Waals surface area contributed by atoms with Crippen LogP contribution in [0.4, 0.5) is 0 Å². The first-order valence-electron chi connectivity index (χ1n) is 5.82. The van der Waals surface area contributed by atoms with E-state index in [0.29, 0.717) is 11.3 Å². The van der Waals surface area contributed by atoms with Crippen molar-refractivity contribution >= 4 is 48.4 Å². The first kappa shape index (κ1) is 15.8. The van der Waals surface area contributed by atoms with Crippen molar-refractivity contribution in [2.75, 3.05) is 24.6 Å². The van der Waals surface area contributed by atoms with Gasteiger partial charge in [0, 0.05) is 13.1 Å². The van der Waals surface area contributed by atoms with Crippen molar-refractivity contribution in [1.82, 2.24) is 4.31 Å². The molecule has 112 valence electrons. The molecule has 0 aromatic carbocycles. The number of nitrogens with zero attached hydrogens (tertiary/aromatic N) is 1. The summed E-state index contributed by atoms with van der Waals surface area (Å²) in [6, 6.07) is 3.02. The highest BCUT2D eigenvalue weighted by molar-refractivity contribution is 7.92. The molecule has 1 aliphatic rings. The minimum atomic E-state index is -3.68. The van der Waals surface area contributed by atoms with E-state index in [1.807, 2.05) is 0 Å². The fourth-order valence-corrected chi connectivity index (χ4v) is 6.25. The number of nitrogens with two attached hydrogens (primary N) is 1. The lowest BCUT2D eigenvalue weighted by molar-refractivity contribution is 0.436. The molecule has 6 nitrogen and oxygen atoms in total. The molecule has 1 saturated heterocycles. The number of sulfone groups is 1. The molecule has 0 aliphatic carbocycles. The van der Waals surface area contributed by atoms with E-state index in [2.05, 4.69) is 0 Å². The van der Waals surface area contributed by atoms with Gasteiger partial charge in [0.25, 0.3) is 10.0 Å². The summed E-state index contributed by atoms with van der Waals surface area (Å²) in [5.41, 5.74) is 5.46. The van der Waals surface area contributed by atoms with Crippen LogP contribution in [0.2, 0.25) is 0 Å². The predicted octanol–water partition coefficient (Wildman–Crippen LogP) is 0.192. The number of hydrogen-bond donors (Lipinski definition) is 1. The van der Waals surface area contributed by atoms with Crippen LogP contribution in [0.3, 0.4) is 0 Å². The zero-order valence-electron chi connectivity index (χ0n) is 10.5. The molecule has 1 aromatic rings. The Hall–Kier alpha value is -0.550. The van der Waals surface area contributed by atoms with Gasteiger partial charge < -0.3 is 5.73 Å². The molecule has 0 radical (unpaired) electrons. The van der Waals surface area contributed by atoms with Crippen LogP contribution in [0.15, 0.2) is 16.3 Å². The molecular weight excluding hydrogens is 340 g/mol. The summed E-state index contributed by atoms with van der Waals surface area (Å²) >= 11 is 5.81. The van der Waals surface area contributed by atoms with E-state index < -0.39 is 19.9 Å². The third kappa shape index (κ3) is 3.37. The normalized spacial score (nSPS) is 20.4. The fourth-order valence-electron chi connectivity index (χ4n) is 1.87. The fraction of sp³-hybridized carbons (Fsp3) is 0.500. The highest BCUT2D eigenvalue weighted by Crippen LogP contribution is 2.25. The lowest BCUT2D eigenvalue weighted by Crippen LogP contribution is -2.33. The first-order chi connectivity index (χ1) is 9.22. The van der Waals surface area contributed by atoms with Gasteiger partial charge in [-0.2, -0.15) is 4.31 Å². The maximum atomic E-state index is 12.4. The number of thiophene rings is 1. The number of sulfonamides is 1. The monoisotopic (exact) mass is 354 g/mol. The molecular formula is C10H14N2O4S4. The summed E-state index contributed by atoms with van der Waals surface area (Å²) in [6.07, 6.45) is 0.315. The lowest BCUT2D eigenvalue weighted by Gasteiger charge is -2.17. The van der Waals surface area contributed by atoms with E-state index in [9.17, 15) is 16.8 Å². The average molecular weight is 355 g/mol. The van der Waals surface area contributed by atoms with Crippen LogP contribution < -0.4 is 5.73 Å². The molecule has 0 atom stereocenters. The molecule has 0 bridgehead atoms. The van der Waals surface area contributed by atoms with Gasteiger partial charge in [0.15, 0.2) is 9.84 Å². The molecule has 20 heavy (non-hydrogen) atoms. The lowest BCUT2D eigenvalue weighted by atomic mass is 10.5. The van der Waals surface area contributed by atoms with Gasteiger partial charge in [-0.1, -0.05) is 12.2 Å². The molecule has 0 spiro atoms. The van der Waals surface area contributed by atoms with Crippen LogP contribution in [0.1, 0.15) is 11.3 Å². The van der Waals surface area contributed by atoms with Crippen molar-refractivity contribution in [3.8, 4) is 0 Å². The summed E-state index contributed by atoms with van der Waals surface area (Å²) in [4.78, 5) is 0.677. The van der Waals surface area contributed by atoms with Crippen molar-refractivity contribution < 1.29 is 16.8 Å². The molecule has 2 N–H and O–H groups in total. The zero-order chi connectivity index (χ0) is 15.0. The minimum Gasteiger partial charge on any atom is -0.389 e. The molecule has 1 aliphatic heterocycles. The smallest absolute Gasteiger partial charge is 0.252 e. The van der Waals surface area contributed by atoms with E-state index in [1.165, 1.54) is 10.4 Å². The Bertz CT molecular complexity index is 720. The number of thiocarbonyl (C=S) groups is 1. The minimum absolute atomic E-state index is 0.00896. The summed E-state index contributed by atoms with van der Waals surface area (Å²) in [6.45, 7) is 0.201. The Morgan fingerprint density at radius 1 is 1.30 bits per heavy atom. The molecule has 0 saturated carbocycles. The largest absolute Gasteiger partial charge is 0.389 e. The summed E-state index contributed by atoms with van der Waals surface area (Å²) in [5.74, 6) is -0.110. The van der Waals surface area contributed by atoms with Crippen LogP contribution in [-0.2, 0) is 19.9 Å². The highest BCUT2D eigenvalue weighted by atomic mass is 32.2. The standard InChI is InChI=1S/C10H14N2O4S4/c11-10(17)8-2-3-9(18-8)20(15,16)12-4-1-6-19(13,14)7-5-12/h2-3H,1,4-7H2,(H2,11,17). The van der Waals surface area contributed by atoms with Crippen molar-refractivity contribution in [2.24, 2.45) is 5.73 Å². The molecule has 1 aromatic heterocycles. The van der Waals surface area contributed by atoms with Crippen molar-refractivity contribution in [3.63, 3.8) is 0 Å². The van der Waals surface area contributed by atoms with Crippen molar-refractivity contribution in [3.05, 3.63) is 17.0 Å². The van der Waals surface area contributed by atoms with Gasteiger partial charge in [0.1, 0.15) is 9.20 Å². The summed E-state index contributed by atoms with van der Waals surface area (Å²) in [5, 5.41) is 0. The Morgan fingerprint density at radius 3 is 2.60 bits per heavy atom. The molecule has 1 fully saturated rings. The van der Waals surface area contributed by atoms with Crippen LogP contribution in [0.5, 0.6) is 0 Å². The van der Waals surface area contributed by atoms with Gasteiger partial charge in [-0.3, -0.25) is 0 Å². The van der Waals surface area contributed by atoms with Crippen LogP contribution in [0.25, 0.3) is 0 Å². The maximum absolute atomic E-state index is 12.4. The number of rotatable bonds is 3. The van der Waals surface area contributed by atoms with Crippen LogP contribution in [0, 0.1) is 0 Å². The quantitative estimate of drug-likeness (QED) is 0.778. The Morgan fingerprint density at radius 2 is 2.00 bits per heavy atom. The third-order valence-corrected chi connectivity index (χ3v) is 8.48. The SMILES string of the molecule is NC(=S)c1ccc(S(=O)(=O)N2CCCS(=O)(=O)CC2)s1.